The lowest BCUT2D eigenvalue weighted by Crippen LogP contribution is -2.20. The highest BCUT2D eigenvalue weighted by atomic mass is 79.9. The van der Waals surface area contributed by atoms with E-state index in [1.54, 1.807) is 30.5 Å². The topological polar surface area (TPSA) is 79.8 Å². The average molecular weight is 418 g/mol. The molecule has 6 nitrogen and oxygen atoms in total. The standard InChI is InChI=1S/C19H20BrN3O3/c1-2-26-17-8-6-16(7-9-17)22-18(24)10-11-19(25)23-21-13-14-4-3-5-15(20)12-14/h3-9,12-13H,2,10-11H2,1H3,(H,22,24)(H,23,25). The van der Waals surface area contributed by atoms with Crippen LogP contribution in [0.5, 0.6) is 5.75 Å². The highest BCUT2D eigenvalue weighted by molar-refractivity contribution is 9.10. The average Bonchev–Trinajstić information content (AvgIpc) is 2.62. The van der Waals surface area contributed by atoms with E-state index in [1.807, 2.05) is 31.2 Å². The molecule has 2 amide bonds. The van der Waals surface area contributed by atoms with E-state index in [-0.39, 0.29) is 24.7 Å². The van der Waals surface area contributed by atoms with Crippen molar-refractivity contribution in [3.63, 3.8) is 0 Å². The maximum atomic E-state index is 11.9. The second kappa shape index (κ2) is 10.4. The zero-order chi connectivity index (χ0) is 18.8. The molecule has 2 rings (SSSR count). The Morgan fingerprint density at radius 1 is 1.12 bits per heavy atom. The van der Waals surface area contributed by atoms with E-state index in [0.717, 1.165) is 15.8 Å². The molecule has 0 aliphatic heterocycles. The number of carbonyl (C=O) groups is 2. The van der Waals surface area contributed by atoms with Crippen molar-refractivity contribution in [2.75, 3.05) is 11.9 Å². The number of benzene rings is 2. The zero-order valence-corrected chi connectivity index (χ0v) is 16.0. The van der Waals surface area contributed by atoms with Crippen LogP contribution in [0.1, 0.15) is 25.3 Å². The van der Waals surface area contributed by atoms with Crippen LogP contribution < -0.4 is 15.5 Å². The third-order valence-corrected chi connectivity index (χ3v) is 3.77. The molecule has 0 spiro atoms. The second-order valence-electron chi connectivity index (χ2n) is 5.35. The smallest absolute Gasteiger partial charge is 0.240 e. The largest absolute Gasteiger partial charge is 0.494 e. The number of nitrogens with one attached hydrogen (secondary N) is 2. The number of rotatable bonds is 8. The van der Waals surface area contributed by atoms with Gasteiger partial charge in [0, 0.05) is 23.0 Å². The third kappa shape index (κ3) is 7.06. The first-order valence-corrected chi connectivity index (χ1v) is 8.96. The Balaban J connectivity index is 1.71. The van der Waals surface area contributed by atoms with Gasteiger partial charge in [-0.3, -0.25) is 9.59 Å². The van der Waals surface area contributed by atoms with E-state index < -0.39 is 0 Å². The van der Waals surface area contributed by atoms with Gasteiger partial charge in [0.05, 0.1) is 12.8 Å². The van der Waals surface area contributed by atoms with Gasteiger partial charge in [-0.1, -0.05) is 28.1 Å². The molecule has 2 aromatic rings. The van der Waals surface area contributed by atoms with Crippen LogP contribution in [0.15, 0.2) is 58.1 Å². The van der Waals surface area contributed by atoms with Crippen molar-refractivity contribution in [2.24, 2.45) is 5.10 Å². The Labute approximate surface area is 160 Å². The summed E-state index contributed by atoms with van der Waals surface area (Å²) < 4.78 is 6.27. The fourth-order valence-corrected chi connectivity index (χ4v) is 2.49. The molecule has 0 aliphatic rings. The van der Waals surface area contributed by atoms with Gasteiger partial charge in [-0.25, -0.2) is 5.43 Å². The number of halogens is 1. The fourth-order valence-electron chi connectivity index (χ4n) is 2.07. The summed E-state index contributed by atoms with van der Waals surface area (Å²) in [7, 11) is 0. The Morgan fingerprint density at radius 2 is 1.85 bits per heavy atom. The Bertz CT molecular complexity index is 776. The fraction of sp³-hybridized carbons (Fsp3) is 0.211. The maximum absolute atomic E-state index is 11.9. The first-order chi connectivity index (χ1) is 12.6. The van der Waals surface area contributed by atoms with Gasteiger partial charge in [-0.05, 0) is 48.9 Å². The lowest BCUT2D eigenvalue weighted by molar-refractivity contribution is -0.124. The van der Waals surface area contributed by atoms with E-state index in [1.165, 1.54) is 0 Å². The Kier molecular flexibility index (Phi) is 7.82. The summed E-state index contributed by atoms with van der Waals surface area (Å²) in [6.45, 7) is 2.49. The number of amides is 2. The Morgan fingerprint density at radius 3 is 2.54 bits per heavy atom. The molecule has 136 valence electrons. The van der Waals surface area contributed by atoms with Crippen molar-refractivity contribution < 1.29 is 14.3 Å². The monoisotopic (exact) mass is 417 g/mol. The molecule has 0 aromatic heterocycles. The molecule has 2 N–H and O–H groups in total. The number of ether oxygens (including phenoxy) is 1. The molecule has 0 fully saturated rings. The van der Waals surface area contributed by atoms with Crippen molar-refractivity contribution in [1.29, 1.82) is 0 Å². The van der Waals surface area contributed by atoms with Crippen molar-refractivity contribution >= 4 is 39.6 Å². The van der Waals surface area contributed by atoms with E-state index in [9.17, 15) is 9.59 Å². The molecular weight excluding hydrogens is 398 g/mol. The van der Waals surface area contributed by atoms with Crippen molar-refractivity contribution in [2.45, 2.75) is 19.8 Å². The molecule has 26 heavy (non-hydrogen) atoms. The lowest BCUT2D eigenvalue weighted by Gasteiger charge is -2.07. The lowest BCUT2D eigenvalue weighted by atomic mass is 10.2. The quantitative estimate of drug-likeness (QED) is 0.507. The predicted molar refractivity (Wildman–Crippen MR) is 105 cm³/mol. The molecule has 0 radical (unpaired) electrons. The maximum Gasteiger partial charge on any atom is 0.240 e. The molecule has 0 saturated heterocycles. The minimum Gasteiger partial charge on any atom is -0.494 e. The van der Waals surface area contributed by atoms with E-state index in [0.29, 0.717) is 12.3 Å². The predicted octanol–water partition coefficient (Wildman–Crippen LogP) is 3.72. The van der Waals surface area contributed by atoms with Gasteiger partial charge in [0.2, 0.25) is 11.8 Å². The summed E-state index contributed by atoms with van der Waals surface area (Å²) in [5.74, 6) is 0.187. The molecule has 0 aliphatic carbocycles. The normalized spacial score (nSPS) is 10.5. The van der Waals surface area contributed by atoms with Crippen LogP contribution in [-0.4, -0.2) is 24.6 Å². The molecule has 0 bridgehead atoms. The van der Waals surface area contributed by atoms with Gasteiger partial charge in [-0.2, -0.15) is 5.10 Å². The molecule has 0 atom stereocenters. The molecule has 2 aromatic carbocycles. The molecule has 7 heteroatoms. The van der Waals surface area contributed by atoms with E-state index in [2.05, 4.69) is 31.8 Å². The number of carbonyl (C=O) groups excluding carboxylic acids is 2. The van der Waals surface area contributed by atoms with Crippen LogP contribution in [0.3, 0.4) is 0 Å². The van der Waals surface area contributed by atoms with Crippen molar-refractivity contribution in [3.8, 4) is 5.75 Å². The van der Waals surface area contributed by atoms with E-state index in [4.69, 9.17) is 4.74 Å². The van der Waals surface area contributed by atoms with Crippen LogP contribution in [-0.2, 0) is 9.59 Å². The van der Waals surface area contributed by atoms with Crippen LogP contribution >= 0.6 is 15.9 Å². The van der Waals surface area contributed by atoms with Crippen LogP contribution in [0, 0.1) is 0 Å². The minimum absolute atomic E-state index is 0.0543. The summed E-state index contributed by atoms with van der Waals surface area (Å²) in [6.07, 6.45) is 1.67. The number of hydrazone groups is 1. The molecule has 0 unspecified atom stereocenters. The third-order valence-electron chi connectivity index (χ3n) is 3.28. The molecule has 0 heterocycles. The highest BCUT2D eigenvalue weighted by Crippen LogP contribution is 2.15. The number of nitrogens with zero attached hydrogens (tertiary/aromatic N) is 1. The minimum atomic E-state index is -0.321. The van der Waals surface area contributed by atoms with Gasteiger partial charge < -0.3 is 10.1 Å². The SMILES string of the molecule is CCOc1ccc(NC(=O)CCC(=O)NN=Cc2cccc(Br)c2)cc1. The van der Waals surface area contributed by atoms with Crippen LogP contribution in [0.25, 0.3) is 0 Å². The second-order valence-corrected chi connectivity index (χ2v) is 6.27. The first kappa shape index (κ1) is 19.7. The Hall–Kier alpha value is -2.67. The number of hydrogen-bond donors (Lipinski definition) is 2. The van der Waals surface area contributed by atoms with Gasteiger partial charge in [-0.15, -0.1) is 0 Å². The van der Waals surface area contributed by atoms with Crippen LogP contribution in [0.2, 0.25) is 0 Å². The van der Waals surface area contributed by atoms with Gasteiger partial charge in [0.25, 0.3) is 0 Å². The van der Waals surface area contributed by atoms with Gasteiger partial charge >= 0.3 is 0 Å². The summed E-state index contributed by atoms with van der Waals surface area (Å²) >= 11 is 3.36. The zero-order valence-electron chi connectivity index (χ0n) is 14.4. The van der Waals surface area contributed by atoms with Crippen molar-refractivity contribution in [1.82, 2.24) is 5.43 Å². The molecule has 0 saturated carbocycles. The molecular formula is C19H20BrN3O3. The van der Waals surface area contributed by atoms with Gasteiger partial charge in [0.1, 0.15) is 5.75 Å². The van der Waals surface area contributed by atoms with E-state index >= 15 is 0 Å². The summed E-state index contributed by atoms with van der Waals surface area (Å²) in [6, 6.07) is 14.6. The summed E-state index contributed by atoms with van der Waals surface area (Å²) in [5.41, 5.74) is 3.92. The van der Waals surface area contributed by atoms with Gasteiger partial charge in [0.15, 0.2) is 0 Å². The highest BCUT2D eigenvalue weighted by Gasteiger charge is 2.07. The first-order valence-electron chi connectivity index (χ1n) is 8.17. The number of hydrogen-bond acceptors (Lipinski definition) is 4. The number of anilines is 1. The summed E-state index contributed by atoms with van der Waals surface area (Å²) in [5, 5.41) is 6.62. The van der Waals surface area contributed by atoms with Crippen molar-refractivity contribution in [3.05, 3.63) is 58.6 Å². The van der Waals surface area contributed by atoms with Crippen LogP contribution in [0.4, 0.5) is 5.69 Å². The summed E-state index contributed by atoms with van der Waals surface area (Å²) in [4.78, 5) is 23.6.